The van der Waals surface area contributed by atoms with Gasteiger partial charge in [0.25, 0.3) is 0 Å². The number of esters is 1. The van der Waals surface area contributed by atoms with E-state index in [0.717, 1.165) is 17.7 Å². The van der Waals surface area contributed by atoms with Crippen LogP contribution in [0.1, 0.15) is 45.1 Å². The quantitative estimate of drug-likeness (QED) is 0.624. The summed E-state index contributed by atoms with van der Waals surface area (Å²) in [5.74, 6) is -0.812. The van der Waals surface area contributed by atoms with Crippen LogP contribution in [0.2, 0.25) is 0 Å². The second-order valence-corrected chi connectivity index (χ2v) is 6.82. The lowest BCUT2D eigenvalue weighted by molar-refractivity contribution is -0.165. The van der Waals surface area contributed by atoms with Gasteiger partial charge in [0, 0.05) is 18.0 Å². The Kier molecular flexibility index (Phi) is 5.06. The maximum absolute atomic E-state index is 12.6. The number of hydrogen-bond donors (Lipinski definition) is 2. The van der Waals surface area contributed by atoms with Crippen molar-refractivity contribution in [1.82, 2.24) is 5.43 Å². The van der Waals surface area contributed by atoms with E-state index in [2.05, 4.69) is 15.8 Å². The zero-order chi connectivity index (χ0) is 18.7. The maximum atomic E-state index is 12.6. The molecule has 0 aromatic heterocycles. The number of benzene rings is 1. The van der Waals surface area contributed by atoms with Crippen molar-refractivity contribution in [2.75, 3.05) is 11.9 Å². The third kappa shape index (κ3) is 3.34. The molecule has 7 heteroatoms. The largest absolute Gasteiger partial charge is 0.465 e. The summed E-state index contributed by atoms with van der Waals surface area (Å²) in [5.41, 5.74) is 3.75. The molecule has 2 amide bonds. The van der Waals surface area contributed by atoms with Crippen LogP contribution in [0.5, 0.6) is 0 Å². The van der Waals surface area contributed by atoms with Gasteiger partial charge in [0.05, 0.1) is 12.3 Å². The minimum absolute atomic E-state index is 0.0336. The molecule has 1 aliphatic heterocycles. The van der Waals surface area contributed by atoms with E-state index in [4.69, 9.17) is 4.74 Å². The Morgan fingerprint density at radius 1 is 1.31 bits per heavy atom. The molecule has 0 spiro atoms. The zero-order valence-electron chi connectivity index (χ0n) is 15.0. The van der Waals surface area contributed by atoms with Crippen LogP contribution in [-0.2, 0) is 19.1 Å². The summed E-state index contributed by atoms with van der Waals surface area (Å²) in [6, 6.07) is 7.24. The van der Waals surface area contributed by atoms with Crippen molar-refractivity contribution < 1.29 is 19.1 Å². The first-order valence-electron chi connectivity index (χ1n) is 8.92. The highest BCUT2D eigenvalue weighted by atomic mass is 16.5. The number of nitrogens with one attached hydrogen (secondary N) is 2. The molecule has 7 nitrogen and oxygen atoms in total. The molecule has 1 heterocycles. The van der Waals surface area contributed by atoms with Crippen molar-refractivity contribution in [2.45, 2.75) is 39.5 Å². The molecule has 138 valence electrons. The van der Waals surface area contributed by atoms with Gasteiger partial charge in [0.15, 0.2) is 0 Å². The van der Waals surface area contributed by atoms with Gasteiger partial charge in [-0.15, -0.1) is 0 Å². The van der Waals surface area contributed by atoms with Crippen LogP contribution in [0, 0.1) is 11.3 Å². The van der Waals surface area contributed by atoms with Crippen LogP contribution in [0.4, 0.5) is 5.69 Å². The van der Waals surface area contributed by atoms with Crippen LogP contribution in [0.15, 0.2) is 29.4 Å². The molecule has 1 unspecified atom stereocenters. The Balaban J connectivity index is 1.70. The highest BCUT2D eigenvalue weighted by Gasteiger charge is 2.52. The van der Waals surface area contributed by atoms with Crippen molar-refractivity contribution in [3.63, 3.8) is 0 Å². The lowest BCUT2D eigenvalue weighted by atomic mass is 9.68. The fourth-order valence-corrected chi connectivity index (χ4v) is 3.30. The Bertz CT molecular complexity index is 751. The van der Waals surface area contributed by atoms with Crippen LogP contribution in [-0.4, -0.2) is 30.1 Å². The molecule has 2 aliphatic rings. The van der Waals surface area contributed by atoms with Crippen LogP contribution < -0.4 is 10.7 Å². The fourth-order valence-electron chi connectivity index (χ4n) is 3.30. The molecule has 3 rings (SSSR count). The van der Waals surface area contributed by atoms with E-state index < -0.39 is 11.4 Å². The number of carbonyl (C=O) groups is 3. The van der Waals surface area contributed by atoms with Crippen molar-refractivity contribution in [2.24, 2.45) is 16.4 Å². The number of amides is 2. The molecule has 1 saturated carbocycles. The first kappa shape index (κ1) is 18.1. The number of hydrogen-bond acceptors (Lipinski definition) is 5. The van der Waals surface area contributed by atoms with Crippen molar-refractivity contribution in [3.8, 4) is 0 Å². The lowest BCUT2D eigenvalue weighted by Crippen LogP contribution is -2.49. The minimum atomic E-state index is -1.05. The van der Waals surface area contributed by atoms with Crippen LogP contribution >= 0.6 is 0 Å². The molecular formula is C19H23N3O4. The first-order valence-corrected chi connectivity index (χ1v) is 8.92. The summed E-state index contributed by atoms with van der Waals surface area (Å²) < 4.78 is 5.08. The third-order valence-electron chi connectivity index (χ3n) is 5.01. The third-order valence-corrected chi connectivity index (χ3v) is 5.01. The number of anilines is 1. The monoisotopic (exact) mass is 357 g/mol. The predicted octanol–water partition coefficient (Wildman–Crippen LogP) is 2.22. The zero-order valence-corrected chi connectivity index (χ0v) is 15.0. The van der Waals surface area contributed by atoms with Gasteiger partial charge in [-0.25, -0.2) is 5.43 Å². The van der Waals surface area contributed by atoms with E-state index >= 15 is 0 Å². The summed E-state index contributed by atoms with van der Waals surface area (Å²) in [6.45, 7) is 3.95. The first-order chi connectivity index (χ1) is 12.5. The minimum Gasteiger partial charge on any atom is -0.465 e. The predicted molar refractivity (Wildman–Crippen MR) is 96.4 cm³/mol. The summed E-state index contributed by atoms with van der Waals surface area (Å²) in [5, 5.41) is 6.95. The maximum Gasteiger partial charge on any atom is 0.321 e. The number of nitrogens with zero attached hydrogens (tertiary/aromatic N) is 1. The lowest BCUT2D eigenvalue weighted by Gasteiger charge is -2.37. The summed E-state index contributed by atoms with van der Waals surface area (Å²) >= 11 is 0. The van der Waals surface area contributed by atoms with Crippen molar-refractivity contribution in [1.29, 1.82) is 0 Å². The average Bonchev–Trinajstić information content (AvgIpc) is 2.55. The van der Waals surface area contributed by atoms with E-state index in [1.807, 2.05) is 19.1 Å². The van der Waals surface area contributed by atoms with Gasteiger partial charge < -0.3 is 10.1 Å². The fraction of sp³-hybridized carbons (Fsp3) is 0.474. The Labute approximate surface area is 152 Å². The van der Waals surface area contributed by atoms with Crippen molar-refractivity contribution >= 4 is 29.2 Å². The topological polar surface area (TPSA) is 96.9 Å². The molecular weight excluding hydrogens is 334 g/mol. The number of carbonyl (C=O) groups excluding carboxylic acids is 3. The molecule has 1 atom stereocenters. The smallest absolute Gasteiger partial charge is 0.321 e. The molecule has 1 fully saturated rings. The molecule has 0 bridgehead atoms. The van der Waals surface area contributed by atoms with E-state index in [0.29, 0.717) is 24.9 Å². The number of hydrazone groups is 1. The molecule has 2 N–H and O–H groups in total. The average molecular weight is 357 g/mol. The SMILES string of the molecule is CCOC(=O)C1(C(=O)Nc2ccc(C3=NNC(=O)CC3C)cc2)CCC1. The molecule has 1 aromatic rings. The Morgan fingerprint density at radius 2 is 2.00 bits per heavy atom. The second kappa shape index (κ2) is 7.27. The van der Waals surface area contributed by atoms with Gasteiger partial charge in [-0.1, -0.05) is 25.5 Å². The van der Waals surface area contributed by atoms with E-state index in [9.17, 15) is 14.4 Å². The van der Waals surface area contributed by atoms with Crippen molar-refractivity contribution in [3.05, 3.63) is 29.8 Å². The standard InChI is InChI=1S/C19H23N3O4/c1-3-26-18(25)19(9-4-10-19)17(24)20-14-7-5-13(6-8-14)16-12(2)11-15(23)21-22-16/h5-8,12H,3-4,9-11H2,1-2H3,(H,20,24)(H,21,23). The second-order valence-electron chi connectivity index (χ2n) is 6.82. The molecule has 1 aromatic carbocycles. The van der Waals surface area contributed by atoms with Gasteiger partial charge in [-0.3, -0.25) is 14.4 Å². The highest BCUT2D eigenvalue weighted by molar-refractivity contribution is 6.10. The normalized spacial score (nSPS) is 21.1. The van der Waals surface area contributed by atoms with E-state index in [-0.39, 0.29) is 24.3 Å². The van der Waals surface area contributed by atoms with E-state index in [1.165, 1.54) is 0 Å². The molecule has 0 radical (unpaired) electrons. The number of rotatable bonds is 5. The van der Waals surface area contributed by atoms with Gasteiger partial charge in [0.2, 0.25) is 11.8 Å². The summed E-state index contributed by atoms with van der Waals surface area (Å²) in [6.07, 6.45) is 2.28. The van der Waals surface area contributed by atoms with Crippen LogP contribution in [0.3, 0.4) is 0 Å². The van der Waals surface area contributed by atoms with Gasteiger partial charge >= 0.3 is 5.97 Å². The Hall–Kier alpha value is -2.70. The van der Waals surface area contributed by atoms with Gasteiger partial charge in [-0.2, -0.15) is 5.10 Å². The van der Waals surface area contributed by atoms with Gasteiger partial charge in [0.1, 0.15) is 5.41 Å². The molecule has 1 aliphatic carbocycles. The Morgan fingerprint density at radius 3 is 2.54 bits per heavy atom. The molecule has 0 saturated heterocycles. The number of ether oxygens (including phenoxy) is 1. The van der Waals surface area contributed by atoms with Crippen LogP contribution in [0.25, 0.3) is 0 Å². The summed E-state index contributed by atoms with van der Waals surface area (Å²) in [7, 11) is 0. The highest BCUT2D eigenvalue weighted by Crippen LogP contribution is 2.43. The summed E-state index contributed by atoms with van der Waals surface area (Å²) in [4.78, 5) is 36.1. The molecule has 26 heavy (non-hydrogen) atoms. The van der Waals surface area contributed by atoms with Gasteiger partial charge in [-0.05, 0) is 37.5 Å². The van der Waals surface area contributed by atoms with E-state index in [1.54, 1.807) is 19.1 Å².